The molecular weight excluding hydrogens is 407 g/mol. The van der Waals surface area contributed by atoms with Crippen molar-refractivity contribution in [2.24, 2.45) is 10.4 Å². The molecule has 1 heterocycles. The Kier molecular flexibility index (Phi) is 11.0. The van der Waals surface area contributed by atoms with Crippen molar-refractivity contribution in [3.8, 4) is 0 Å². The van der Waals surface area contributed by atoms with Crippen LogP contribution in [0.4, 0.5) is 0 Å². The first-order valence-electron chi connectivity index (χ1n) is 7.90. The van der Waals surface area contributed by atoms with Crippen molar-refractivity contribution < 1.29 is 0 Å². The lowest BCUT2D eigenvalue weighted by atomic mass is 9.93. The average Bonchev–Trinajstić information content (AvgIpc) is 2.85. The zero-order chi connectivity index (χ0) is 15.7. The van der Waals surface area contributed by atoms with Gasteiger partial charge in [-0.05, 0) is 25.2 Å². The van der Waals surface area contributed by atoms with Gasteiger partial charge in [-0.1, -0.05) is 27.7 Å². The fraction of sp³-hybridized carbons (Fsp3) is 0.750. The zero-order valence-electron chi connectivity index (χ0n) is 14.5. The first-order valence-corrected chi connectivity index (χ1v) is 8.72. The quantitative estimate of drug-likeness (QED) is 0.386. The summed E-state index contributed by atoms with van der Waals surface area (Å²) in [7, 11) is 0. The van der Waals surface area contributed by atoms with Crippen molar-refractivity contribution in [1.82, 2.24) is 15.6 Å². The molecule has 0 atom stereocenters. The van der Waals surface area contributed by atoms with Gasteiger partial charge in [-0.2, -0.15) is 0 Å². The summed E-state index contributed by atoms with van der Waals surface area (Å²) in [6.07, 6.45) is 5.11. The molecule has 0 bridgehead atoms. The van der Waals surface area contributed by atoms with E-state index in [0.717, 1.165) is 44.9 Å². The van der Waals surface area contributed by atoms with E-state index in [4.69, 9.17) is 0 Å². The Balaban J connectivity index is 0.00000441. The van der Waals surface area contributed by atoms with Crippen molar-refractivity contribution in [3.05, 3.63) is 16.1 Å². The number of halogens is 1. The molecule has 0 aliphatic heterocycles. The SMILES string of the molecule is CCNC(=NCCC(C)(C)C)NCCc1ncc(CC)s1.I. The third-order valence-electron chi connectivity index (χ3n) is 3.06. The Morgan fingerprint density at radius 3 is 2.55 bits per heavy atom. The van der Waals surface area contributed by atoms with Crippen LogP contribution >= 0.6 is 35.3 Å². The highest BCUT2D eigenvalue weighted by Crippen LogP contribution is 2.17. The first kappa shape index (κ1) is 21.6. The van der Waals surface area contributed by atoms with E-state index in [-0.39, 0.29) is 24.0 Å². The lowest BCUT2D eigenvalue weighted by molar-refractivity contribution is 0.385. The normalized spacial score (nSPS) is 12.0. The molecule has 0 unspecified atom stereocenters. The number of nitrogens with zero attached hydrogens (tertiary/aromatic N) is 2. The number of nitrogens with one attached hydrogen (secondary N) is 2. The highest BCUT2D eigenvalue weighted by Gasteiger charge is 2.09. The largest absolute Gasteiger partial charge is 0.357 e. The molecule has 0 spiro atoms. The van der Waals surface area contributed by atoms with Crippen LogP contribution < -0.4 is 10.6 Å². The number of aliphatic imine (C=N–C) groups is 1. The monoisotopic (exact) mass is 438 g/mol. The molecule has 128 valence electrons. The molecule has 1 aromatic heterocycles. The smallest absolute Gasteiger partial charge is 0.191 e. The predicted octanol–water partition coefficient (Wildman–Crippen LogP) is 3.86. The molecular formula is C16H31IN4S. The summed E-state index contributed by atoms with van der Waals surface area (Å²) >= 11 is 1.81. The van der Waals surface area contributed by atoms with Crippen molar-refractivity contribution >= 4 is 41.3 Å². The van der Waals surface area contributed by atoms with Crippen LogP contribution in [-0.2, 0) is 12.8 Å². The summed E-state index contributed by atoms with van der Waals surface area (Å²) in [5, 5.41) is 7.88. The minimum atomic E-state index is 0. The van der Waals surface area contributed by atoms with Crippen molar-refractivity contribution in [2.45, 2.75) is 53.9 Å². The van der Waals surface area contributed by atoms with Gasteiger partial charge in [0.05, 0.1) is 5.01 Å². The second-order valence-electron chi connectivity index (χ2n) is 6.32. The van der Waals surface area contributed by atoms with Gasteiger partial charge >= 0.3 is 0 Å². The number of guanidine groups is 1. The van der Waals surface area contributed by atoms with Gasteiger partial charge < -0.3 is 10.6 Å². The van der Waals surface area contributed by atoms with Crippen molar-refractivity contribution in [1.29, 1.82) is 0 Å². The summed E-state index contributed by atoms with van der Waals surface area (Å²) in [5.74, 6) is 0.911. The van der Waals surface area contributed by atoms with Gasteiger partial charge in [0.1, 0.15) is 0 Å². The minimum Gasteiger partial charge on any atom is -0.357 e. The fourth-order valence-electron chi connectivity index (χ4n) is 1.76. The van der Waals surface area contributed by atoms with Gasteiger partial charge in [-0.15, -0.1) is 35.3 Å². The van der Waals surface area contributed by atoms with Gasteiger partial charge in [0.2, 0.25) is 0 Å². The topological polar surface area (TPSA) is 49.3 Å². The number of hydrogen-bond acceptors (Lipinski definition) is 3. The van der Waals surface area contributed by atoms with E-state index in [0.29, 0.717) is 5.41 Å². The molecule has 6 heteroatoms. The lowest BCUT2D eigenvalue weighted by Crippen LogP contribution is -2.38. The van der Waals surface area contributed by atoms with Gasteiger partial charge in [0, 0.05) is 37.1 Å². The van der Waals surface area contributed by atoms with Crippen LogP contribution in [0.15, 0.2) is 11.2 Å². The van der Waals surface area contributed by atoms with E-state index in [1.807, 2.05) is 17.5 Å². The van der Waals surface area contributed by atoms with E-state index in [2.05, 4.69) is 55.2 Å². The summed E-state index contributed by atoms with van der Waals surface area (Å²) < 4.78 is 0. The van der Waals surface area contributed by atoms with E-state index in [1.165, 1.54) is 9.88 Å². The summed E-state index contributed by atoms with van der Waals surface area (Å²) in [6, 6.07) is 0. The van der Waals surface area contributed by atoms with Crippen LogP contribution in [0.2, 0.25) is 0 Å². The van der Waals surface area contributed by atoms with Crippen LogP contribution in [0.3, 0.4) is 0 Å². The molecule has 0 radical (unpaired) electrons. The maximum atomic E-state index is 4.63. The lowest BCUT2D eigenvalue weighted by Gasteiger charge is -2.17. The second kappa shape index (κ2) is 11.2. The maximum absolute atomic E-state index is 4.63. The van der Waals surface area contributed by atoms with Gasteiger partial charge in [-0.3, -0.25) is 4.99 Å². The van der Waals surface area contributed by atoms with E-state index < -0.39 is 0 Å². The molecule has 2 N–H and O–H groups in total. The van der Waals surface area contributed by atoms with Gasteiger partial charge in [0.15, 0.2) is 5.96 Å². The second-order valence-corrected chi connectivity index (χ2v) is 7.52. The van der Waals surface area contributed by atoms with Crippen molar-refractivity contribution in [2.75, 3.05) is 19.6 Å². The van der Waals surface area contributed by atoms with E-state index in [1.54, 1.807) is 0 Å². The highest BCUT2D eigenvalue weighted by atomic mass is 127. The molecule has 0 saturated carbocycles. The minimum absolute atomic E-state index is 0. The van der Waals surface area contributed by atoms with Crippen molar-refractivity contribution in [3.63, 3.8) is 0 Å². The number of hydrogen-bond donors (Lipinski definition) is 2. The highest BCUT2D eigenvalue weighted by molar-refractivity contribution is 14.0. The average molecular weight is 438 g/mol. The Morgan fingerprint density at radius 1 is 1.27 bits per heavy atom. The Hall–Kier alpha value is -0.370. The van der Waals surface area contributed by atoms with Gasteiger partial charge in [-0.25, -0.2) is 4.98 Å². The Morgan fingerprint density at radius 2 is 2.00 bits per heavy atom. The summed E-state index contributed by atoms with van der Waals surface area (Å²) in [6.45, 7) is 13.6. The third-order valence-corrected chi connectivity index (χ3v) is 4.26. The molecule has 0 fully saturated rings. The number of aryl methyl sites for hydroxylation is 1. The molecule has 4 nitrogen and oxygen atoms in total. The third kappa shape index (κ3) is 9.61. The molecule has 0 aromatic carbocycles. The summed E-state index contributed by atoms with van der Waals surface area (Å²) in [5.41, 5.74) is 0.332. The Bertz CT molecular complexity index is 438. The number of thiazole rings is 1. The molecule has 22 heavy (non-hydrogen) atoms. The van der Waals surface area contributed by atoms with E-state index >= 15 is 0 Å². The molecule has 1 rings (SSSR count). The van der Waals surface area contributed by atoms with Crippen LogP contribution in [-0.4, -0.2) is 30.6 Å². The predicted molar refractivity (Wildman–Crippen MR) is 109 cm³/mol. The fourth-order valence-corrected chi connectivity index (χ4v) is 2.62. The molecule has 0 aliphatic rings. The summed E-state index contributed by atoms with van der Waals surface area (Å²) in [4.78, 5) is 10.4. The number of aromatic nitrogens is 1. The number of rotatable bonds is 7. The van der Waals surface area contributed by atoms with Crippen LogP contribution in [0.1, 0.15) is 50.9 Å². The van der Waals surface area contributed by atoms with Gasteiger partial charge in [0.25, 0.3) is 0 Å². The van der Waals surface area contributed by atoms with Crippen LogP contribution in [0.5, 0.6) is 0 Å². The molecule has 0 saturated heterocycles. The first-order chi connectivity index (χ1) is 9.94. The molecule has 1 aromatic rings. The zero-order valence-corrected chi connectivity index (χ0v) is 17.7. The molecule has 0 aliphatic carbocycles. The van der Waals surface area contributed by atoms with Crippen LogP contribution in [0.25, 0.3) is 0 Å². The maximum Gasteiger partial charge on any atom is 0.191 e. The van der Waals surface area contributed by atoms with Crippen LogP contribution in [0, 0.1) is 5.41 Å². The Labute approximate surface area is 156 Å². The molecule has 0 amide bonds. The standard InChI is InChI=1S/C16H30N4S.HI/c1-6-13-12-20-14(21-13)8-10-18-15(17-7-2)19-11-9-16(3,4)5;/h12H,6-11H2,1-5H3,(H2,17,18,19);1H. The van der Waals surface area contributed by atoms with E-state index in [9.17, 15) is 0 Å².